The zero-order chi connectivity index (χ0) is 22.4. The quantitative estimate of drug-likeness (QED) is 0.571. The molecule has 0 radical (unpaired) electrons. The largest absolute Gasteiger partial charge is 0.478 e. The lowest BCUT2D eigenvalue weighted by Crippen LogP contribution is -2.58. The topological polar surface area (TPSA) is 101 Å². The van der Waals surface area contributed by atoms with Crippen LogP contribution in [0.1, 0.15) is 45.6 Å². The van der Waals surface area contributed by atoms with Crippen molar-refractivity contribution in [2.75, 3.05) is 0 Å². The van der Waals surface area contributed by atoms with Crippen molar-refractivity contribution in [1.29, 1.82) is 0 Å². The van der Waals surface area contributed by atoms with Gasteiger partial charge in [0.2, 0.25) is 5.91 Å². The fourth-order valence-electron chi connectivity index (χ4n) is 4.04. The first kappa shape index (κ1) is 22.9. The fraction of sp³-hybridized carbons (Fsp3) is 0.458. The molecular weight excluding hydrogens is 394 g/mol. The Morgan fingerprint density at radius 2 is 2.03 bits per heavy atom. The van der Waals surface area contributed by atoms with Crippen LogP contribution in [0.2, 0.25) is 0 Å². The maximum absolute atomic E-state index is 11.9. The van der Waals surface area contributed by atoms with Gasteiger partial charge >= 0.3 is 5.97 Å². The van der Waals surface area contributed by atoms with Crippen molar-refractivity contribution in [2.24, 2.45) is 0 Å². The van der Waals surface area contributed by atoms with Crippen LogP contribution in [-0.2, 0) is 20.9 Å². The normalized spacial score (nSPS) is 21.2. The lowest BCUT2D eigenvalue weighted by molar-refractivity contribution is -0.133. The Morgan fingerprint density at radius 3 is 2.71 bits per heavy atom. The molecule has 1 aliphatic rings. The molecule has 0 aliphatic heterocycles. The number of aromatic nitrogens is 1. The van der Waals surface area contributed by atoms with Crippen LogP contribution < -0.4 is 10.6 Å². The molecular formula is C24H31N3O4. The smallest absolute Gasteiger partial charge is 0.331 e. The van der Waals surface area contributed by atoms with E-state index in [4.69, 9.17) is 4.74 Å². The number of rotatable bonds is 9. The molecule has 3 N–H and O–H groups in total. The zero-order valence-corrected chi connectivity index (χ0v) is 18.3. The Bertz CT molecular complexity index is 955. The van der Waals surface area contributed by atoms with E-state index in [1.165, 1.54) is 6.92 Å². The Kier molecular flexibility index (Phi) is 7.76. The van der Waals surface area contributed by atoms with E-state index in [1.54, 1.807) is 12.3 Å². The molecule has 7 heteroatoms. The molecule has 1 aromatic heterocycles. The molecule has 0 fully saturated rings. The maximum atomic E-state index is 11.9. The van der Waals surface area contributed by atoms with E-state index in [0.717, 1.165) is 29.3 Å². The highest BCUT2D eigenvalue weighted by molar-refractivity contribution is 5.87. The fourth-order valence-corrected chi connectivity index (χ4v) is 4.04. The Morgan fingerprint density at radius 1 is 1.26 bits per heavy atom. The molecule has 3 rings (SSSR count). The number of amides is 1. The molecule has 166 valence electrons. The Labute approximate surface area is 182 Å². The minimum atomic E-state index is -0.957. The SMILES string of the molecule is CCC(CC)OC1C=C(C(=O)O)C[C@H](NCc2ccc3cccnc3c2)[C@H]1NC(C)=O. The first-order valence-electron chi connectivity index (χ1n) is 10.8. The summed E-state index contributed by atoms with van der Waals surface area (Å²) in [6.07, 6.45) is 4.84. The number of pyridine rings is 1. The molecule has 1 aliphatic carbocycles. The molecule has 0 saturated carbocycles. The lowest BCUT2D eigenvalue weighted by Gasteiger charge is -2.38. The van der Waals surface area contributed by atoms with E-state index in [2.05, 4.69) is 15.6 Å². The third-order valence-corrected chi connectivity index (χ3v) is 5.74. The standard InChI is InChI=1S/C24H31N3O4/c1-4-19(5-2)31-22-13-18(24(29)30)12-21(23(22)27-15(3)28)26-14-16-8-9-17-7-6-10-25-20(17)11-16/h6-11,13,19,21-23,26H,4-5,12,14H2,1-3H3,(H,27,28)(H,29,30)/t21-,22?,23+/m0/s1. The number of carboxylic acids is 1. The molecule has 1 aromatic carbocycles. The first-order chi connectivity index (χ1) is 14.9. The molecule has 3 atom stereocenters. The molecule has 7 nitrogen and oxygen atoms in total. The van der Waals surface area contributed by atoms with Gasteiger partial charge in [0.05, 0.1) is 23.8 Å². The summed E-state index contributed by atoms with van der Waals surface area (Å²) in [5.41, 5.74) is 2.25. The average Bonchev–Trinajstić information content (AvgIpc) is 2.76. The van der Waals surface area contributed by atoms with Crippen LogP contribution in [0.15, 0.2) is 48.2 Å². The summed E-state index contributed by atoms with van der Waals surface area (Å²) < 4.78 is 6.22. The predicted molar refractivity (Wildman–Crippen MR) is 120 cm³/mol. The minimum absolute atomic E-state index is 0.00198. The number of carboxylic acid groups (broad SMARTS) is 1. The number of fused-ring (bicyclic) bond motifs is 1. The number of carbonyl (C=O) groups is 2. The Hall–Kier alpha value is -2.77. The van der Waals surface area contributed by atoms with Gasteiger partial charge in [0.25, 0.3) is 0 Å². The number of benzene rings is 1. The van der Waals surface area contributed by atoms with Gasteiger partial charge in [0, 0.05) is 36.7 Å². The van der Waals surface area contributed by atoms with E-state index < -0.39 is 12.1 Å². The Balaban J connectivity index is 1.82. The van der Waals surface area contributed by atoms with Crippen molar-refractivity contribution >= 4 is 22.8 Å². The van der Waals surface area contributed by atoms with Crippen LogP contribution in [0.3, 0.4) is 0 Å². The highest BCUT2D eigenvalue weighted by Gasteiger charge is 2.37. The van der Waals surface area contributed by atoms with Crippen molar-refractivity contribution in [3.8, 4) is 0 Å². The van der Waals surface area contributed by atoms with Crippen LogP contribution in [0.4, 0.5) is 0 Å². The van der Waals surface area contributed by atoms with Crippen molar-refractivity contribution in [2.45, 2.75) is 70.9 Å². The van der Waals surface area contributed by atoms with Gasteiger partial charge in [0.15, 0.2) is 0 Å². The summed E-state index contributed by atoms with van der Waals surface area (Å²) in [6, 6.07) is 9.34. The monoisotopic (exact) mass is 425 g/mol. The first-order valence-corrected chi connectivity index (χ1v) is 10.8. The van der Waals surface area contributed by atoms with Crippen LogP contribution in [0.5, 0.6) is 0 Å². The van der Waals surface area contributed by atoms with Crippen molar-refractivity contribution in [1.82, 2.24) is 15.6 Å². The van der Waals surface area contributed by atoms with Gasteiger partial charge in [-0.1, -0.05) is 32.0 Å². The van der Waals surface area contributed by atoms with Crippen molar-refractivity contribution in [3.63, 3.8) is 0 Å². The van der Waals surface area contributed by atoms with Gasteiger partial charge in [0.1, 0.15) is 0 Å². The third-order valence-electron chi connectivity index (χ3n) is 5.74. The van der Waals surface area contributed by atoms with Crippen LogP contribution in [0.25, 0.3) is 10.9 Å². The number of aliphatic carboxylic acids is 1. The van der Waals surface area contributed by atoms with Crippen molar-refractivity contribution in [3.05, 3.63) is 53.7 Å². The van der Waals surface area contributed by atoms with Crippen LogP contribution >= 0.6 is 0 Å². The summed E-state index contributed by atoms with van der Waals surface area (Å²) in [4.78, 5) is 28.1. The third kappa shape index (κ3) is 5.89. The summed E-state index contributed by atoms with van der Waals surface area (Å²) >= 11 is 0. The molecule has 1 heterocycles. The highest BCUT2D eigenvalue weighted by Crippen LogP contribution is 2.25. The highest BCUT2D eigenvalue weighted by atomic mass is 16.5. The van der Waals surface area contributed by atoms with Gasteiger partial charge in [-0.05, 0) is 43.0 Å². The summed E-state index contributed by atoms with van der Waals surface area (Å²) in [6.45, 7) is 6.07. The zero-order valence-electron chi connectivity index (χ0n) is 18.3. The van der Waals surface area contributed by atoms with E-state index in [0.29, 0.717) is 18.5 Å². The number of hydrogen-bond donors (Lipinski definition) is 3. The number of nitrogens with one attached hydrogen (secondary N) is 2. The summed E-state index contributed by atoms with van der Waals surface area (Å²) in [7, 11) is 0. The van der Waals surface area contributed by atoms with Crippen LogP contribution in [0, 0.1) is 0 Å². The average molecular weight is 426 g/mol. The van der Waals surface area contributed by atoms with Gasteiger partial charge in [-0.25, -0.2) is 4.79 Å². The van der Waals surface area contributed by atoms with E-state index in [-0.39, 0.29) is 24.1 Å². The lowest BCUT2D eigenvalue weighted by atomic mass is 9.87. The predicted octanol–water partition coefficient (Wildman–Crippen LogP) is 3.19. The molecule has 2 aromatic rings. The molecule has 0 bridgehead atoms. The summed E-state index contributed by atoms with van der Waals surface area (Å²) in [5.74, 6) is -1.13. The number of hydrogen-bond acceptors (Lipinski definition) is 5. The second-order valence-corrected chi connectivity index (χ2v) is 7.98. The molecule has 0 spiro atoms. The number of nitrogens with zero attached hydrogens (tertiary/aromatic N) is 1. The van der Waals surface area contributed by atoms with Crippen LogP contribution in [-0.4, -0.2) is 46.3 Å². The maximum Gasteiger partial charge on any atom is 0.331 e. The van der Waals surface area contributed by atoms with E-state index in [1.807, 2.05) is 44.2 Å². The van der Waals surface area contributed by atoms with E-state index in [9.17, 15) is 14.7 Å². The van der Waals surface area contributed by atoms with Gasteiger partial charge in [-0.15, -0.1) is 0 Å². The minimum Gasteiger partial charge on any atom is -0.478 e. The van der Waals surface area contributed by atoms with Gasteiger partial charge in [-0.2, -0.15) is 0 Å². The van der Waals surface area contributed by atoms with Crippen molar-refractivity contribution < 1.29 is 19.4 Å². The van der Waals surface area contributed by atoms with E-state index >= 15 is 0 Å². The molecule has 31 heavy (non-hydrogen) atoms. The number of carbonyl (C=O) groups excluding carboxylic acids is 1. The summed E-state index contributed by atoms with van der Waals surface area (Å²) in [5, 5.41) is 17.2. The second-order valence-electron chi connectivity index (χ2n) is 7.98. The van der Waals surface area contributed by atoms with Gasteiger partial charge < -0.3 is 20.5 Å². The molecule has 1 amide bonds. The molecule has 1 unspecified atom stereocenters. The molecule has 0 saturated heterocycles. The number of ether oxygens (including phenoxy) is 1. The second kappa shape index (κ2) is 10.5. The van der Waals surface area contributed by atoms with Gasteiger partial charge in [-0.3, -0.25) is 9.78 Å².